The molecule has 0 spiro atoms. The summed E-state index contributed by atoms with van der Waals surface area (Å²) in [5, 5.41) is 2.98. The summed E-state index contributed by atoms with van der Waals surface area (Å²) in [4.78, 5) is 31.6. The van der Waals surface area contributed by atoms with Gasteiger partial charge in [0.05, 0.1) is 10.7 Å². The third kappa shape index (κ3) is 13.4. The molecular weight excluding hydrogens is 484 g/mol. The van der Waals surface area contributed by atoms with Crippen molar-refractivity contribution < 1.29 is 19.1 Å². The predicted molar refractivity (Wildman–Crippen MR) is 152 cm³/mol. The second-order valence-electron chi connectivity index (χ2n) is 9.95. The van der Waals surface area contributed by atoms with E-state index in [0.717, 1.165) is 47.7 Å². The van der Waals surface area contributed by atoms with Crippen LogP contribution in [-0.4, -0.2) is 54.7 Å². The van der Waals surface area contributed by atoms with Crippen LogP contribution in [0, 0.1) is 0 Å². The van der Waals surface area contributed by atoms with Gasteiger partial charge in [-0.1, -0.05) is 47.1 Å². The summed E-state index contributed by atoms with van der Waals surface area (Å²) in [6.45, 7) is 8.82. The number of hydrogen-bond donors (Lipinski definition) is 0. The van der Waals surface area contributed by atoms with E-state index in [9.17, 15) is 9.59 Å². The molecule has 0 radical (unpaired) electrons. The van der Waals surface area contributed by atoms with Gasteiger partial charge in [0.25, 0.3) is 0 Å². The molecule has 2 rings (SSSR count). The minimum atomic E-state index is -0.426. The van der Waals surface area contributed by atoms with Crippen molar-refractivity contribution in [3.63, 3.8) is 0 Å². The first kappa shape index (κ1) is 30.5. The first-order chi connectivity index (χ1) is 17.6. The molecule has 1 aromatic rings. The second-order valence-corrected chi connectivity index (χ2v) is 10.9. The van der Waals surface area contributed by atoms with Gasteiger partial charge in [-0.15, -0.1) is 11.3 Å². The number of carbonyl (C=O) groups is 2. The van der Waals surface area contributed by atoms with Crippen LogP contribution in [0.1, 0.15) is 64.1 Å². The third-order valence-corrected chi connectivity index (χ3v) is 6.62. The van der Waals surface area contributed by atoms with Crippen LogP contribution in [0.2, 0.25) is 0 Å². The molecule has 0 saturated carbocycles. The van der Waals surface area contributed by atoms with Crippen molar-refractivity contribution in [2.75, 3.05) is 20.6 Å². The Morgan fingerprint density at radius 2 is 1.84 bits per heavy atom. The van der Waals surface area contributed by atoms with Gasteiger partial charge in [-0.2, -0.15) is 0 Å². The number of cyclic esters (lactones) is 2. The SMILES string of the molecule is CC(C=CC(C)=C[C@@H]1Cc2nc(cs2)CCCCC(=O)O[C@@H](C)CC(C)=CC=CC(=O)O1)=CCN(C)C. The summed E-state index contributed by atoms with van der Waals surface area (Å²) >= 11 is 1.58. The highest BCUT2D eigenvalue weighted by molar-refractivity contribution is 7.09. The highest BCUT2D eigenvalue weighted by atomic mass is 32.1. The molecule has 6 nitrogen and oxygen atoms in total. The lowest BCUT2D eigenvalue weighted by atomic mass is 10.1. The Balaban J connectivity index is 2.21. The number of ether oxygens (including phenoxy) is 2. The smallest absolute Gasteiger partial charge is 0.331 e. The van der Waals surface area contributed by atoms with E-state index in [1.54, 1.807) is 17.4 Å². The van der Waals surface area contributed by atoms with Gasteiger partial charge >= 0.3 is 11.9 Å². The number of hydrogen-bond acceptors (Lipinski definition) is 7. The van der Waals surface area contributed by atoms with Gasteiger partial charge < -0.3 is 14.4 Å². The van der Waals surface area contributed by atoms with Gasteiger partial charge in [-0.25, -0.2) is 9.78 Å². The molecule has 2 bridgehead atoms. The van der Waals surface area contributed by atoms with Crippen LogP contribution in [0.15, 0.2) is 64.6 Å². The van der Waals surface area contributed by atoms with Crippen molar-refractivity contribution in [3.8, 4) is 0 Å². The number of fused-ring (bicyclic) bond motifs is 2. The molecule has 202 valence electrons. The summed E-state index contributed by atoms with van der Waals surface area (Å²) in [7, 11) is 4.08. The number of thiazole rings is 1. The van der Waals surface area contributed by atoms with Gasteiger partial charge in [-0.05, 0) is 67.1 Å². The van der Waals surface area contributed by atoms with Crippen LogP contribution in [0.25, 0.3) is 0 Å². The average molecular weight is 527 g/mol. The molecule has 37 heavy (non-hydrogen) atoms. The second kappa shape index (κ2) is 16.2. The van der Waals surface area contributed by atoms with Gasteiger partial charge in [0, 0.05) is 37.3 Å². The van der Waals surface area contributed by atoms with E-state index in [0.29, 0.717) is 19.3 Å². The summed E-state index contributed by atoms with van der Waals surface area (Å²) in [6, 6.07) is 0. The topological polar surface area (TPSA) is 68.7 Å². The number of rotatable bonds is 5. The van der Waals surface area contributed by atoms with Gasteiger partial charge in [0.1, 0.15) is 12.2 Å². The molecule has 0 aliphatic carbocycles. The number of esters is 2. The lowest BCUT2D eigenvalue weighted by Crippen LogP contribution is -2.17. The highest BCUT2D eigenvalue weighted by Crippen LogP contribution is 2.18. The lowest BCUT2D eigenvalue weighted by molar-refractivity contribution is -0.148. The van der Waals surface area contributed by atoms with Crippen LogP contribution in [-0.2, 0) is 31.9 Å². The molecule has 2 atom stereocenters. The molecule has 0 N–H and O–H groups in total. The first-order valence-electron chi connectivity index (χ1n) is 13.0. The Bertz CT molecular complexity index is 1050. The van der Waals surface area contributed by atoms with E-state index in [1.807, 2.05) is 53.1 Å². The van der Waals surface area contributed by atoms with Gasteiger partial charge in [0.15, 0.2) is 0 Å². The summed E-state index contributed by atoms with van der Waals surface area (Å²) in [5.41, 5.74) is 4.22. The zero-order valence-corrected chi connectivity index (χ0v) is 24.0. The van der Waals surface area contributed by atoms with E-state index in [-0.39, 0.29) is 12.1 Å². The third-order valence-electron chi connectivity index (χ3n) is 5.70. The molecule has 0 aromatic carbocycles. The zero-order chi connectivity index (χ0) is 27.2. The maximum atomic E-state index is 12.6. The van der Waals surface area contributed by atoms with Crippen LogP contribution in [0.5, 0.6) is 0 Å². The number of allylic oxidation sites excluding steroid dienone is 6. The first-order valence-corrected chi connectivity index (χ1v) is 13.8. The van der Waals surface area contributed by atoms with E-state index in [1.165, 1.54) is 11.6 Å². The number of likely N-dealkylation sites (N-methyl/N-ethyl adjacent to an activating group) is 1. The molecule has 1 aliphatic heterocycles. The van der Waals surface area contributed by atoms with E-state index in [2.05, 4.69) is 29.4 Å². The Morgan fingerprint density at radius 1 is 1.11 bits per heavy atom. The molecule has 0 saturated heterocycles. The number of nitrogens with zero attached hydrogens (tertiary/aromatic N) is 2. The maximum absolute atomic E-state index is 12.6. The van der Waals surface area contributed by atoms with E-state index < -0.39 is 12.1 Å². The van der Waals surface area contributed by atoms with Crippen molar-refractivity contribution in [2.45, 2.75) is 78.4 Å². The molecule has 0 unspecified atom stereocenters. The highest BCUT2D eigenvalue weighted by Gasteiger charge is 2.15. The van der Waals surface area contributed by atoms with Crippen LogP contribution in [0.3, 0.4) is 0 Å². The monoisotopic (exact) mass is 526 g/mol. The Labute approximate surface area is 226 Å². The van der Waals surface area contributed by atoms with Crippen molar-refractivity contribution in [2.24, 2.45) is 0 Å². The fourth-order valence-electron chi connectivity index (χ4n) is 3.77. The summed E-state index contributed by atoms with van der Waals surface area (Å²) in [5.74, 6) is -0.572. The normalized spacial score (nSPS) is 21.8. The zero-order valence-electron chi connectivity index (χ0n) is 23.2. The van der Waals surface area contributed by atoms with Crippen LogP contribution in [0.4, 0.5) is 0 Å². The molecule has 0 amide bonds. The minimum Gasteiger partial charge on any atom is -0.462 e. The van der Waals surface area contributed by atoms with Crippen molar-refractivity contribution in [1.29, 1.82) is 0 Å². The number of carbonyl (C=O) groups excluding carboxylic acids is 2. The Morgan fingerprint density at radius 3 is 2.59 bits per heavy atom. The lowest BCUT2D eigenvalue weighted by Gasteiger charge is -2.13. The van der Waals surface area contributed by atoms with Crippen molar-refractivity contribution in [1.82, 2.24) is 9.88 Å². The largest absolute Gasteiger partial charge is 0.462 e. The quantitative estimate of drug-likeness (QED) is 0.338. The van der Waals surface area contributed by atoms with E-state index >= 15 is 0 Å². The van der Waals surface area contributed by atoms with Gasteiger partial charge in [0.2, 0.25) is 0 Å². The van der Waals surface area contributed by atoms with Crippen molar-refractivity contribution in [3.05, 3.63) is 75.3 Å². The van der Waals surface area contributed by atoms with Gasteiger partial charge in [-0.3, -0.25) is 4.79 Å². The molecule has 2 heterocycles. The summed E-state index contributed by atoms with van der Waals surface area (Å²) < 4.78 is 11.3. The summed E-state index contributed by atoms with van der Waals surface area (Å²) in [6.07, 6.45) is 16.6. The Kier molecular flexibility index (Phi) is 13.3. The minimum absolute atomic E-state index is 0.168. The Hall–Kier alpha value is -2.77. The van der Waals surface area contributed by atoms with Crippen molar-refractivity contribution >= 4 is 23.3 Å². The van der Waals surface area contributed by atoms with Crippen LogP contribution >= 0.6 is 11.3 Å². The van der Waals surface area contributed by atoms with Crippen LogP contribution < -0.4 is 0 Å². The molecule has 1 aliphatic rings. The molecule has 0 fully saturated rings. The number of aryl methyl sites for hydroxylation is 1. The maximum Gasteiger partial charge on any atom is 0.331 e. The molecular formula is C30H42N2O4S. The average Bonchev–Trinajstić information content (AvgIpc) is 3.25. The predicted octanol–water partition coefficient (Wildman–Crippen LogP) is 6.16. The standard InChI is InChI=1S/C30H42N2O4S/c1-22(16-17-32(5)6)14-15-24(3)19-27-20-28-31-26(21-37-28)11-7-8-12-29(33)35-25(4)18-23(2)10-9-13-30(34)36-27/h9-10,13-16,19,21,25,27H,7-8,11-12,17-18,20H2,1-6H3/t25-,27+/m0/s1. The fraction of sp³-hybridized carbons (Fsp3) is 0.500. The fourth-order valence-corrected chi connectivity index (χ4v) is 4.64. The van der Waals surface area contributed by atoms with E-state index in [4.69, 9.17) is 14.5 Å². The molecule has 1 aromatic heterocycles. The molecule has 7 heteroatoms. The number of aromatic nitrogens is 1.